The van der Waals surface area contributed by atoms with Crippen LogP contribution in [-0.4, -0.2) is 26.0 Å². The highest BCUT2D eigenvalue weighted by atomic mass is 32.1. The molecule has 19 heavy (non-hydrogen) atoms. The minimum absolute atomic E-state index is 0.704. The lowest BCUT2D eigenvalue weighted by Crippen LogP contribution is -2.14. The van der Waals surface area contributed by atoms with Gasteiger partial charge in [0.1, 0.15) is 5.01 Å². The Hall–Kier alpha value is -1.27. The second-order valence-corrected chi connectivity index (χ2v) is 5.92. The third kappa shape index (κ3) is 2.84. The Morgan fingerprint density at radius 1 is 1.32 bits per heavy atom. The van der Waals surface area contributed by atoms with E-state index in [0.717, 1.165) is 35.2 Å². The summed E-state index contributed by atoms with van der Waals surface area (Å²) in [4.78, 5) is 0. The first-order valence-corrected chi connectivity index (χ1v) is 7.75. The van der Waals surface area contributed by atoms with E-state index >= 15 is 0 Å². The minimum atomic E-state index is 0.704. The zero-order valence-corrected chi connectivity index (χ0v) is 12.2. The Morgan fingerprint density at radius 2 is 2.16 bits per heavy atom. The lowest BCUT2D eigenvalue weighted by molar-refractivity contribution is 0.677. The van der Waals surface area contributed by atoms with Crippen molar-refractivity contribution in [2.45, 2.75) is 52.1 Å². The quantitative estimate of drug-likeness (QED) is 0.878. The first-order valence-electron chi connectivity index (χ1n) is 6.94. The number of nitrogens with one attached hydrogen (secondary N) is 1. The molecule has 1 aliphatic carbocycles. The molecule has 0 unspecified atom stereocenters. The molecule has 3 rings (SSSR count). The van der Waals surface area contributed by atoms with Crippen molar-refractivity contribution >= 4 is 11.3 Å². The van der Waals surface area contributed by atoms with E-state index in [4.69, 9.17) is 0 Å². The molecule has 5 nitrogen and oxygen atoms in total. The van der Waals surface area contributed by atoms with Crippen LogP contribution in [0, 0.1) is 0 Å². The topological polar surface area (TPSA) is 55.6 Å². The van der Waals surface area contributed by atoms with Crippen LogP contribution >= 0.6 is 11.3 Å². The minimum Gasteiger partial charge on any atom is -0.308 e. The van der Waals surface area contributed by atoms with Gasteiger partial charge in [0.15, 0.2) is 0 Å². The maximum Gasteiger partial charge on any atom is 0.233 e. The first-order chi connectivity index (χ1) is 9.30. The van der Waals surface area contributed by atoms with Crippen molar-refractivity contribution < 1.29 is 0 Å². The van der Waals surface area contributed by atoms with E-state index < -0.39 is 0 Å². The predicted octanol–water partition coefficient (Wildman–Crippen LogP) is 2.10. The number of hydrogen-bond donors (Lipinski definition) is 1. The molecule has 0 aromatic carbocycles. The summed E-state index contributed by atoms with van der Waals surface area (Å²) in [6.45, 7) is 5.09. The van der Waals surface area contributed by atoms with Gasteiger partial charge in [-0.3, -0.25) is 0 Å². The molecule has 1 aliphatic rings. The SMILES string of the molecule is CCc1cc(CC)n(-c2nnc(CNC3CC3)s2)n1. The average molecular weight is 277 g/mol. The van der Waals surface area contributed by atoms with Crippen LogP contribution < -0.4 is 5.32 Å². The molecular weight excluding hydrogens is 258 g/mol. The molecule has 2 heterocycles. The molecule has 0 spiro atoms. The van der Waals surface area contributed by atoms with Gasteiger partial charge >= 0.3 is 0 Å². The predicted molar refractivity (Wildman–Crippen MR) is 75.6 cm³/mol. The van der Waals surface area contributed by atoms with Crippen LogP contribution in [0.1, 0.15) is 43.1 Å². The van der Waals surface area contributed by atoms with Gasteiger partial charge in [0, 0.05) is 11.7 Å². The van der Waals surface area contributed by atoms with Crippen LogP contribution in [0.15, 0.2) is 6.07 Å². The van der Waals surface area contributed by atoms with Gasteiger partial charge in [-0.1, -0.05) is 25.2 Å². The van der Waals surface area contributed by atoms with Crippen molar-refractivity contribution in [1.82, 2.24) is 25.3 Å². The molecule has 0 atom stereocenters. The van der Waals surface area contributed by atoms with Crippen molar-refractivity contribution in [3.63, 3.8) is 0 Å². The van der Waals surface area contributed by atoms with E-state index in [9.17, 15) is 0 Å². The average Bonchev–Trinajstić information content (AvgIpc) is 3.00. The van der Waals surface area contributed by atoms with Gasteiger partial charge in [0.2, 0.25) is 5.13 Å². The number of aryl methyl sites for hydroxylation is 2. The summed E-state index contributed by atoms with van der Waals surface area (Å²) in [7, 11) is 0. The van der Waals surface area contributed by atoms with Crippen molar-refractivity contribution in [3.8, 4) is 5.13 Å². The third-order valence-corrected chi connectivity index (χ3v) is 4.21. The van der Waals surface area contributed by atoms with E-state index in [0.29, 0.717) is 6.04 Å². The van der Waals surface area contributed by atoms with Crippen LogP contribution in [0.5, 0.6) is 0 Å². The van der Waals surface area contributed by atoms with Crippen LogP contribution in [0.3, 0.4) is 0 Å². The molecule has 1 saturated carbocycles. The highest BCUT2D eigenvalue weighted by Crippen LogP contribution is 2.21. The lowest BCUT2D eigenvalue weighted by atomic mass is 10.3. The zero-order chi connectivity index (χ0) is 13.2. The van der Waals surface area contributed by atoms with Crippen molar-refractivity contribution in [3.05, 3.63) is 22.5 Å². The van der Waals surface area contributed by atoms with Crippen molar-refractivity contribution in [2.24, 2.45) is 0 Å². The molecule has 1 N–H and O–H groups in total. The van der Waals surface area contributed by atoms with Gasteiger partial charge in [-0.25, -0.2) is 4.68 Å². The summed E-state index contributed by atoms with van der Waals surface area (Å²) in [6.07, 6.45) is 4.51. The zero-order valence-electron chi connectivity index (χ0n) is 11.4. The molecule has 102 valence electrons. The van der Waals surface area contributed by atoms with Crippen LogP contribution in [0.4, 0.5) is 0 Å². The van der Waals surface area contributed by atoms with Crippen molar-refractivity contribution in [1.29, 1.82) is 0 Å². The fourth-order valence-corrected chi connectivity index (χ4v) is 2.76. The maximum absolute atomic E-state index is 4.59. The normalized spacial score (nSPS) is 15.1. The first kappa shape index (κ1) is 12.7. The Kier molecular flexibility index (Phi) is 3.61. The van der Waals surface area contributed by atoms with Gasteiger partial charge in [-0.15, -0.1) is 10.2 Å². The van der Waals surface area contributed by atoms with Gasteiger partial charge in [0.25, 0.3) is 0 Å². The monoisotopic (exact) mass is 277 g/mol. The molecule has 6 heteroatoms. The summed E-state index contributed by atoms with van der Waals surface area (Å²) in [5, 5.41) is 18.5. The summed E-state index contributed by atoms with van der Waals surface area (Å²) in [5.41, 5.74) is 2.32. The van der Waals surface area contributed by atoms with E-state index in [1.54, 1.807) is 11.3 Å². The van der Waals surface area contributed by atoms with E-state index in [1.165, 1.54) is 18.5 Å². The summed E-state index contributed by atoms with van der Waals surface area (Å²) in [5.74, 6) is 0. The van der Waals surface area contributed by atoms with E-state index in [1.807, 2.05) is 4.68 Å². The Bertz CT molecular complexity index is 555. The molecule has 0 aliphatic heterocycles. The summed E-state index contributed by atoms with van der Waals surface area (Å²) in [6, 6.07) is 2.86. The second kappa shape index (κ2) is 5.38. The largest absolute Gasteiger partial charge is 0.308 e. The molecule has 2 aromatic heterocycles. The molecule has 0 radical (unpaired) electrons. The van der Waals surface area contributed by atoms with Crippen LogP contribution in [-0.2, 0) is 19.4 Å². The van der Waals surface area contributed by atoms with Gasteiger partial charge < -0.3 is 5.32 Å². The number of rotatable bonds is 6. The second-order valence-electron chi connectivity index (χ2n) is 4.88. The molecule has 2 aromatic rings. The molecule has 0 bridgehead atoms. The standard InChI is InChI=1S/C13H19N5S/c1-3-9-7-11(4-2)18(17-9)13-16-15-12(19-13)8-14-10-5-6-10/h7,10,14H,3-6,8H2,1-2H3. The Labute approximate surface area is 117 Å². The van der Waals surface area contributed by atoms with Crippen molar-refractivity contribution in [2.75, 3.05) is 0 Å². The molecule has 0 amide bonds. The molecule has 0 saturated heterocycles. The van der Waals surface area contributed by atoms with Crippen LogP contribution in [0.25, 0.3) is 5.13 Å². The van der Waals surface area contributed by atoms with Gasteiger partial charge in [0.05, 0.1) is 12.2 Å². The Balaban J connectivity index is 1.78. The third-order valence-electron chi connectivity index (χ3n) is 3.31. The number of aromatic nitrogens is 4. The smallest absolute Gasteiger partial charge is 0.233 e. The fraction of sp³-hybridized carbons (Fsp3) is 0.615. The van der Waals surface area contributed by atoms with E-state index in [2.05, 4.69) is 40.5 Å². The Morgan fingerprint density at radius 3 is 2.84 bits per heavy atom. The van der Waals surface area contributed by atoms with Crippen LogP contribution in [0.2, 0.25) is 0 Å². The van der Waals surface area contributed by atoms with Gasteiger partial charge in [-0.05, 0) is 31.7 Å². The summed E-state index contributed by atoms with van der Waals surface area (Å²) < 4.78 is 1.94. The lowest BCUT2D eigenvalue weighted by Gasteiger charge is -1.99. The molecular formula is C13H19N5S. The van der Waals surface area contributed by atoms with Gasteiger partial charge in [-0.2, -0.15) is 5.10 Å². The maximum atomic E-state index is 4.59. The highest BCUT2D eigenvalue weighted by molar-refractivity contribution is 7.13. The van der Waals surface area contributed by atoms with E-state index in [-0.39, 0.29) is 0 Å². The summed E-state index contributed by atoms with van der Waals surface area (Å²) >= 11 is 1.62. The highest BCUT2D eigenvalue weighted by Gasteiger charge is 2.21. The fourth-order valence-electron chi connectivity index (χ4n) is 1.99. The molecule has 1 fully saturated rings. The number of hydrogen-bond acceptors (Lipinski definition) is 5. The number of nitrogens with zero attached hydrogens (tertiary/aromatic N) is 4.